The molecule has 5 nitrogen and oxygen atoms in total. The van der Waals surface area contributed by atoms with Crippen LogP contribution in [0.25, 0.3) is 5.69 Å². The molecule has 0 spiro atoms. The molecule has 0 aliphatic carbocycles. The van der Waals surface area contributed by atoms with Crippen molar-refractivity contribution < 1.29 is 0 Å². The molecular weight excluding hydrogens is 286 g/mol. The first-order chi connectivity index (χ1) is 11.1. The van der Waals surface area contributed by atoms with E-state index < -0.39 is 0 Å². The van der Waals surface area contributed by atoms with Crippen molar-refractivity contribution in [3.8, 4) is 11.8 Å². The Bertz CT molecular complexity index is 687. The third kappa shape index (κ3) is 3.77. The number of benzene rings is 1. The lowest BCUT2D eigenvalue weighted by molar-refractivity contribution is 0.116. The fourth-order valence-corrected chi connectivity index (χ4v) is 3.08. The highest BCUT2D eigenvalue weighted by atomic mass is 15.5. The smallest absolute Gasteiger partial charge is 0.0856 e. The van der Waals surface area contributed by atoms with Crippen molar-refractivity contribution in [2.24, 2.45) is 5.41 Å². The lowest BCUT2D eigenvalue weighted by Gasteiger charge is -2.38. The summed E-state index contributed by atoms with van der Waals surface area (Å²) in [7, 11) is 0. The van der Waals surface area contributed by atoms with Gasteiger partial charge >= 0.3 is 0 Å². The molecule has 23 heavy (non-hydrogen) atoms. The van der Waals surface area contributed by atoms with Crippen molar-refractivity contribution in [1.82, 2.24) is 19.9 Å². The second kappa shape index (κ2) is 6.51. The molecule has 3 rings (SSSR count). The van der Waals surface area contributed by atoms with Gasteiger partial charge in [-0.25, -0.2) is 0 Å². The van der Waals surface area contributed by atoms with E-state index in [1.807, 2.05) is 6.92 Å². The van der Waals surface area contributed by atoms with E-state index in [1.165, 1.54) is 5.56 Å². The highest BCUT2D eigenvalue weighted by Crippen LogP contribution is 2.34. The van der Waals surface area contributed by atoms with Gasteiger partial charge in [-0.1, -0.05) is 19.1 Å². The van der Waals surface area contributed by atoms with Gasteiger partial charge in [0, 0.05) is 13.0 Å². The molecule has 5 heteroatoms. The van der Waals surface area contributed by atoms with Crippen LogP contribution in [0.3, 0.4) is 0 Å². The zero-order chi connectivity index (χ0) is 16.3. The van der Waals surface area contributed by atoms with Gasteiger partial charge in [-0.2, -0.15) is 20.3 Å². The predicted octanol–water partition coefficient (Wildman–Crippen LogP) is 3.09. The third-order valence-corrected chi connectivity index (χ3v) is 4.75. The van der Waals surface area contributed by atoms with Crippen LogP contribution in [0.15, 0.2) is 30.5 Å². The van der Waals surface area contributed by atoms with Crippen LogP contribution in [-0.2, 0) is 6.54 Å². The summed E-state index contributed by atoms with van der Waals surface area (Å²) in [6.45, 7) is 7.28. The van der Waals surface area contributed by atoms with E-state index in [0.717, 1.165) is 43.9 Å². The zero-order valence-corrected chi connectivity index (χ0v) is 13.9. The monoisotopic (exact) mass is 309 g/mol. The predicted molar refractivity (Wildman–Crippen MR) is 88.9 cm³/mol. The molecule has 1 fully saturated rings. The van der Waals surface area contributed by atoms with E-state index in [4.69, 9.17) is 5.26 Å². The van der Waals surface area contributed by atoms with Gasteiger partial charge in [0.1, 0.15) is 0 Å². The summed E-state index contributed by atoms with van der Waals surface area (Å²) in [5, 5.41) is 17.5. The van der Waals surface area contributed by atoms with Gasteiger partial charge < -0.3 is 0 Å². The molecule has 1 aliphatic heterocycles. The first-order valence-electron chi connectivity index (χ1n) is 8.16. The summed E-state index contributed by atoms with van der Waals surface area (Å²) in [4.78, 5) is 4.14. The topological polar surface area (TPSA) is 57.7 Å². The van der Waals surface area contributed by atoms with Crippen molar-refractivity contribution >= 4 is 0 Å². The van der Waals surface area contributed by atoms with Gasteiger partial charge in [0.25, 0.3) is 0 Å². The maximum Gasteiger partial charge on any atom is 0.0856 e. The second-order valence-electron chi connectivity index (χ2n) is 6.86. The first-order valence-corrected chi connectivity index (χ1v) is 8.16. The minimum Gasteiger partial charge on any atom is -0.299 e. The van der Waals surface area contributed by atoms with Gasteiger partial charge in [0.05, 0.1) is 23.6 Å². The number of aromatic nitrogens is 3. The largest absolute Gasteiger partial charge is 0.299 e. The highest BCUT2D eigenvalue weighted by molar-refractivity contribution is 5.32. The molecule has 1 aromatic carbocycles. The molecule has 0 N–H and O–H groups in total. The molecule has 0 atom stereocenters. The number of nitrogens with zero attached hydrogens (tertiary/aromatic N) is 5. The van der Waals surface area contributed by atoms with E-state index >= 15 is 0 Å². The Morgan fingerprint density at radius 1 is 1.22 bits per heavy atom. The van der Waals surface area contributed by atoms with Gasteiger partial charge in [-0.15, -0.1) is 0 Å². The molecule has 2 heterocycles. The average molecular weight is 309 g/mol. The van der Waals surface area contributed by atoms with Crippen LogP contribution in [-0.4, -0.2) is 33.0 Å². The third-order valence-electron chi connectivity index (χ3n) is 4.75. The van der Waals surface area contributed by atoms with Gasteiger partial charge in [0.15, 0.2) is 0 Å². The number of hydrogen-bond acceptors (Lipinski definition) is 4. The average Bonchev–Trinajstić information content (AvgIpc) is 2.97. The molecule has 0 bridgehead atoms. The van der Waals surface area contributed by atoms with Crippen LogP contribution < -0.4 is 0 Å². The lowest BCUT2D eigenvalue weighted by Crippen LogP contribution is -2.38. The lowest BCUT2D eigenvalue weighted by atomic mass is 9.78. The van der Waals surface area contributed by atoms with E-state index in [9.17, 15) is 0 Å². The number of aryl methyl sites for hydroxylation is 1. The summed E-state index contributed by atoms with van der Waals surface area (Å²) in [6, 6.07) is 10.8. The standard InChI is InChI=1S/C18H23N5/c1-15-13-20-23(21-15)17-5-3-16(4-6-17)14-22-11-8-18(2,7-10-19)9-12-22/h3-6,13H,7-9,11-12,14H2,1-2H3. The highest BCUT2D eigenvalue weighted by Gasteiger charge is 2.29. The SMILES string of the molecule is Cc1cnn(-c2ccc(CN3CCC(C)(CC#N)CC3)cc2)n1. The van der Waals surface area contributed by atoms with Crippen LogP contribution in [0, 0.1) is 23.7 Å². The normalized spacial score (nSPS) is 17.8. The zero-order valence-electron chi connectivity index (χ0n) is 13.9. The van der Waals surface area contributed by atoms with Gasteiger partial charge in [-0.05, 0) is 56.0 Å². The minimum atomic E-state index is 0.207. The van der Waals surface area contributed by atoms with E-state index in [0.29, 0.717) is 6.42 Å². The Labute approximate surface area is 137 Å². The van der Waals surface area contributed by atoms with Gasteiger partial charge in [-0.3, -0.25) is 4.90 Å². The summed E-state index contributed by atoms with van der Waals surface area (Å²) in [5.74, 6) is 0. The van der Waals surface area contributed by atoms with Crippen molar-refractivity contribution in [3.05, 3.63) is 41.7 Å². The molecule has 0 radical (unpaired) electrons. The Morgan fingerprint density at radius 2 is 1.91 bits per heavy atom. The molecule has 1 aliphatic rings. The fourth-order valence-electron chi connectivity index (χ4n) is 3.08. The van der Waals surface area contributed by atoms with E-state index in [2.05, 4.69) is 52.4 Å². The first kappa shape index (κ1) is 15.7. The molecule has 1 aromatic heterocycles. The number of likely N-dealkylation sites (tertiary alicyclic amines) is 1. The molecule has 0 saturated carbocycles. The van der Waals surface area contributed by atoms with Crippen LogP contribution >= 0.6 is 0 Å². The summed E-state index contributed by atoms with van der Waals surface area (Å²) in [6.07, 6.45) is 4.65. The van der Waals surface area contributed by atoms with E-state index in [-0.39, 0.29) is 5.41 Å². The van der Waals surface area contributed by atoms with Crippen molar-refractivity contribution in [3.63, 3.8) is 0 Å². The Kier molecular flexibility index (Phi) is 4.44. The Morgan fingerprint density at radius 3 is 2.48 bits per heavy atom. The molecule has 0 amide bonds. The number of nitriles is 1. The Balaban J connectivity index is 1.58. The fraction of sp³-hybridized carbons (Fsp3) is 0.500. The van der Waals surface area contributed by atoms with Crippen molar-refractivity contribution in [2.45, 2.75) is 39.7 Å². The maximum atomic E-state index is 8.93. The van der Waals surface area contributed by atoms with Crippen LogP contribution in [0.5, 0.6) is 0 Å². The van der Waals surface area contributed by atoms with E-state index in [1.54, 1.807) is 11.0 Å². The summed E-state index contributed by atoms with van der Waals surface area (Å²) >= 11 is 0. The van der Waals surface area contributed by atoms with Crippen LogP contribution in [0.2, 0.25) is 0 Å². The molecule has 120 valence electrons. The minimum absolute atomic E-state index is 0.207. The van der Waals surface area contributed by atoms with Crippen molar-refractivity contribution in [1.29, 1.82) is 5.26 Å². The summed E-state index contributed by atoms with van der Waals surface area (Å²) in [5.41, 5.74) is 3.42. The second-order valence-corrected chi connectivity index (χ2v) is 6.86. The quantitative estimate of drug-likeness (QED) is 0.871. The Hall–Kier alpha value is -2.19. The van der Waals surface area contributed by atoms with Crippen LogP contribution in [0.1, 0.15) is 37.4 Å². The van der Waals surface area contributed by atoms with Gasteiger partial charge in [0.2, 0.25) is 0 Å². The molecule has 0 unspecified atom stereocenters. The van der Waals surface area contributed by atoms with Crippen molar-refractivity contribution in [2.75, 3.05) is 13.1 Å². The number of hydrogen-bond donors (Lipinski definition) is 0. The molecular formula is C18H23N5. The maximum absolute atomic E-state index is 8.93. The molecule has 2 aromatic rings. The summed E-state index contributed by atoms with van der Waals surface area (Å²) < 4.78 is 0. The van der Waals surface area contributed by atoms with Crippen LogP contribution in [0.4, 0.5) is 0 Å². The number of rotatable bonds is 4. The number of piperidine rings is 1. The molecule has 1 saturated heterocycles.